The van der Waals surface area contributed by atoms with E-state index < -0.39 is 0 Å². The average Bonchev–Trinajstić information content (AvgIpc) is 3.11. The van der Waals surface area contributed by atoms with Crippen molar-refractivity contribution in [2.24, 2.45) is 0 Å². The highest BCUT2D eigenvalue weighted by Crippen LogP contribution is 2.23. The number of morpholine rings is 1. The molecule has 25 heavy (non-hydrogen) atoms. The van der Waals surface area contributed by atoms with Gasteiger partial charge in [0.05, 0.1) is 19.8 Å². The van der Waals surface area contributed by atoms with Gasteiger partial charge in [-0.05, 0) is 25.5 Å². The zero-order valence-corrected chi connectivity index (χ0v) is 14.6. The average molecular weight is 345 g/mol. The van der Waals surface area contributed by atoms with Crippen molar-refractivity contribution in [2.75, 3.05) is 26.3 Å². The molecule has 1 atom stereocenters. The van der Waals surface area contributed by atoms with Gasteiger partial charge in [0.25, 0.3) is 5.91 Å². The van der Waals surface area contributed by atoms with Crippen molar-refractivity contribution >= 4 is 5.91 Å². The zero-order valence-electron chi connectivity index (χ0n) is 14.6. The van der Waals surface area contributed by atoms with Crippen LogP contribution in [0.25, 0.3) is 0 Å². The minimum absolute atomic E-state index is 0.117. The molecule has 0 bridgehead atoms. The largest absolute Gasteiger partial charge is 0.477 e. The minimum atomic E-state index is -0.327. The number of amides is 1. The monoisotopic (exact) mass is 345 g/mol. The molecule has 1 aliphatic heterocycles. The molecule has 3 heterocycles. The number of hydrogen-bond donors (Lipinski definition) is 1. The van der Waals surface area contributed by atoms with Crippen molar-refractivity contribution in [3.05, 3.63) is 35.5 Å². The Morgan fingerprint density at radius 3 is 3.16 bits per heavy atom. The van der Waals surface area contributed by atoms with Gasteiger partial charge in [0, 0.05) is 19.2 Å². The Hall–Kier alpha value is -2.48. The predicted molar refractivity (Wildman–Crippen MR) is 90.4 cm³/mol. The maximum Gasteiger partial charge on any atom is 0.259 e. The quantitative estimate of drug-likeness (QED) is 0.857. The lowest BCUT2D eigenvalue weighted by molar-refractivity contribution is -0.0268. The van der Waals surface area contributed by atoms with Crippen LogP contribution in [0.15, 0.2) is 18.3 Å². The fourth-order valence-corrected chi connectivity index (χ4v) is 2.77. The number of pyridine rings is 1. The van der Waals surface area contributed by atoms with Gasteiger partial charge in [0.2, 0.25) is 5.88 Å². The summed E-state index contributed by atoms with van der Waals surface area (Å²) in [6, 6.07) is 3.47. The van der Waals surface area contributed by atoms with Crippen LogP contribution in [-0.4, -0.2) is 57.3 Å². The van der Waals surface area contributed by atoms with Crippen LogP contribution in [0, 0.1) is 0 Å². The van der Waals surface area contributed by atoms with Crippen LogP contribution in [0.2, 0.25) is 0 Å². The molecule has 1 N–H and O–H groups in total. The van der Waals surface area contributed by atoms with E-state index in [4.69, 9.17) is 9.47 Å². The number of nitrogens with zero attached hydrogens (tertiary/aromatic N) is 4. The molecule has 0 spiro atoms. The molecule has 1 aliphatic rings. The van der Waals surface area contributed by atoms with E-state index in [0.29, 0.717) is 43.6 Å². The molecule has 134 valence electrons. The summed E-state index contributed by atoms with van der Waals surface area (Å²) >= 11 is 0. The van der Waals surface area contributed by atoms with E-state index in [2.05, 4.69) is 27.1 Å². The Labute approximate surface area is 146 Å². The summed E-state index contributed by atoms with van der Waals surface area (Å²) in [5, 5.41) is 7.17. The standard InChI is InChI=1S/C17H23N5O3/c1-3-6-14-19-15(21-20-14)13-11-22(9-10-25-13)17(23)12-7-5-8-18-16(12)24-4-2/h5,7-8,13H,3-4,6,9-11H2,1-2H3,(H,19,20,21). The van der Waals surface area contributed by atoms with Crippen LogP contribution in [0.4, 0.5) is 0 Å². The molecule has 2 aromatic heterocycles. The van der Waals surface area contributed by atoms with Crippen molar-refractivity contribution in [3.63, 3.8) is 0 Å². The maximum absolute atomic E-state index is 12.9. The van der Waals surface area contributed by atoms with Crippen LogP contribution < -0.4 is 4.74 Å². The van der Waals surface area contributed by atoms with Crippen molar-refractivity contribution < 1.29 is 14.3 Å². The lowest BCUT2D eigenvalue weighted by Crippen LogP contribution is -2.42. The van der Waals surface area contributed by atoms with Gasteiger partial charge in [0.1, 0.15) is 17.5 Å². The van der Waals surface area contributed by atoms with Gasteiger partial charge in [-0.1, -0.05) is 6.92 Å². The highest BCUT2D eigenvalue weighted by atomic mass is 16.5. The van der Waals surface area contributed by atoms with E-state index >= 15 is 0 Å². The minimum Gasteiger partial charge on any atom is -0.477 e. The molecule has 0 radical (unpaired) electrons. The Morgan fingerprint density at radius 2 is 2.36 bits per heavy atom. The molecule has 2 aromatic rings. The first-order valence-electron chi connectivity index (χ1n) is 8.62. The Balaban J connectivity index is 1.73. The third kappa shape index (κ3) is 3.96. The lowest BCUT2D eigenvalue weighted by atomic mass is 10.2. The lowest BCUT2D eigenvalue weighted by Gasteiger charge is -2.31. The number of hydrogen-bond acceptors (Lipinski definition) is 6. The zero-order chi connectivity index (χ0) is 17.6. The van der Waals surface area contributed by atoms with Gasteiger partial charge in [-0.25, -0.2) is 9.97 Å². The van der Waals surface area contributed by atoms with Gasteiger partial charge < -0.3 is 14.4 Å². The number of aryl methyl sites for hydroxylation is 1. The van der Waals surface area contributed by atoms with E-state index in [-0.39, 0.29) is 12.0 Å². The number of carbonyl (C=O) groups excluding carboxylic acids is 1. The summed E-state index contributed by atoms with van der Waals surface area (Å²) in [5.74, 6) is 1.68. The Morgan fingerprint density at radius 1 is 1.48 bits per heavy atom. The first-order valence-corrected chi connectivity index (χ1v) is 8.62. The normalized spacial score (nSPS) is 17.5. The van der Waals surface area contributed by atoms with Crippen molar-refractivity contribution in [2.45, 2.75) is 32.8 Å². The van der Waals surface area contributed by atoms with E-state index in [1.165, 1.54) is 0 Å². The summed E-state index contributed by atoms with van der Waals surface area (Å²) in [6.07, 6.45) is 3.13. The third-order valence-corrected chi connectivity index (χ3v) is 3.96. The number of aromatic amines is 1. The van der Waals surface area contributed by atoms with E-state index in [1.54, 1.807) is 23.2 Å². The molecule has 1 amide bonds. The topological polar surface area (TPSA) is 93.2 Å². The van der Waals surface area contributed by atoms with Crippen LogP contribution >= 0.6 is 0 Å². The highest BCUT2D eigenvalue weighted by Gasteiger charge is 2.30. The molecule has 3 rings (SSSR count). The summed E-state index contributed by atoms with van der Waals surface area (Å²) in [4.78, 5) is 23.2. The molecular formula is C17H23N5O3. The van der Waals surface area contributed by atoms with Crippen molar-refractivity contribution in [1.82, 2.24) is 25.1 Å². The van der Waals surface area contributed by atoms with Crippen LogP contribution in [-0.2, 0) is 11.2 Å². The smallest absolute Gasteiger partial charge is 0.259 e. The summed E-state index contributed by atoms with van der Waals surface area (Å²) in [5.41, 5.74) is 0.464. The Bertz CT molecular complexity index is 718. The Kier molecular flexibility index (Phi) is 5.60. The molecule has 1 unspecified atom stereocenters. The number of nitrogens with one attached hydrogen (secondary N) is 1. The highest BCUT2D eigenvalue weighted by molar-refractivity contribution is 5.96. The SMILES string of the molecule is CCCc1nc(C2CN(C(=O)c3cccnc3OCC)CCO2)n[nH]1. The first-order chi connectivity index (χ1) is 12.2. The fraction of sp³-hybridized carbons (Fsp3) is 0.529. The molecule has 1 saturated heterocycles. The number of H-pyrrole nitrogens is 1. The molecule has 0 saturated carbocycles. The fourth-order valence-electron chi connectivity index (χ4n) is 2.77. The van der Waals surface area contributed by atoms with Gasteiger partial charge >= 0.3 is 0 Å². The molecule has 1 fully saturated rings. The van der Waals surface area contributed by atoms with E-state index in [0.717, 1.165) is 18.7 Å². The van der Waals surface area contributed by atoms with Crippen LogP contribution in [0.3, 0.4) is 0 Å². The van der Waals surface area contributed by atoms with E-state index in [9.17, 15) is 4.79 Å². The second-order valence-corrected chi connectivity index (χ2v) is 5.79. The number of carbonyl (C=O) groups is 1. The summed E-state index contributed by atoms with van der Waals surface area (Å²) in [7, 11) is 0. The summed E-state index contributed by atoms with van der Waals surface area (Å²) < 4.78 is 11.2. The second kappa shape index (κ2) is 8.06. The van der Waals surface area contributed by atoms with Crippen molar-refractivity contribution in [1.29, 1.82) is 0 Å². The van der Waals surface area contributed by atoms with Gasteiger partial charge in [-0.3, -0.25) is 9.89 Å². The number of rotatable bonds is 6. The predicted octanol–water partition coefficient (Wildman–Crippen LogP) is 1.76. The molecule has 8 heteroatoms. The molecule has 8 nitrogen and oxygen atoms in total. The third-order valence-electron chi connectivity index (χ3n) is 3.96. The van der Waals surface area contributed by atoms with Crippen LogP contribution in [0.1, 0.15) is 48.4 Å². The molecular weight excluding hydrogens is 322 g/mol. The first kappa shape index (κ1) is 17.3. The van der Waals surface area contributed by atoms with Gasteiger partial charge in [-0.2, -0.15) is 5.10 Å². The maximum atomic E-state index is 12.9. The molecule has 0 aromatic carbocycles. The van der Waals surface area contributed by atoms with Crippen LogP contribution in [0.5, 0.6) is 5.88 Å². The van der Waals surface area contributed by atoms with Gasteiger partial charge in [0.15, 0.2) is 5.82 Å². The van der Waals surface area contributed by atoms with E-state index in [1.807, 2.05) is 6.92 Å². The van der Waals surface area contributed by atoms with Crippen molar-refractivity contribution in [3.8, 4) is 5.88 Å². The van der Waals surface area contributed by atoms with Gasteiger partial charge in [-0.15, -0.1) is 0 Å². The summed E-state index contributed by atoms with van der Waals surface area (Å²) in [6.45, 7) is 5.78. The number of ether oxygens (including phenoxy) is 2. The number of aromatic nitrogens is 4. The second-order valence-electron chi connectivity index (χ2n) is 5.79. The molecule has 0 aliphatic carbocycles.